The van der Waals surface area contributed by atoms with Gasteiger partial charge in [0.05, 0.1) is 13.7 Å². The highest BCUT2D eigenvalue weighted by Gasteiger charge is 2.15. The van der Waals surface area contributed by atoms with E-state index in [9.17, 15) is 0 Å². The first-order valence-electron chi connectivity index (χ1n) is 7.03. The number of piperidine rings is 1. The number of benzene rings is 1. The monoisotopic (exact) mass is 264 g/mol. The first-order valence-corrected chi connectivity index (χ1v) is 7.03. The molecule has 0 spiro atoms. The van der Waals surface area contributed by atoms with Crippen molar-refractivity contribution < 1.29 is 9.47 Å². The lowest BCUT2D eigenvalue weighted by atomic mass is 10.1. The Balaban J connectivity index is 1.66. The standard InChI is InChI=1S/C15H24N2O2/c1-18-14-5-2-3-6-15(14)19-12-4-9-17-10-7-13(16)8-11-17/h2-3,5-6,13H,4,7-12,16H2,1H3. The Hall–Kier alpha value is -1.26. The predicted octanol–water partition coefficient (Wildman–Crippen LogP) is 1.89. The fraction of sp³-hybridized carbons (Fsp3) is 0.600. The summed E-state index contributed by atoms with van der Waals surface area (Å²) in [5.41, 5.74) is 5.89. The van der Waals surface area contributed by atoms with Crippen molar-refractivity contribution in [2.45, 2.75) is 25.3 Å². The predicted molar refractivity (Wildman–Crippen MR) is 76.8 cm³/mol. The molecule has 1 heterocycles. The fourth-order valence-electron chi connectivity index (χ4n) is 2.38. The minimum Gasteiger partial charge on any atom is -0.493 e. The maximum Gasteiger partial charge on any atom is 0.161 e. The zero-order valence-electron chi connectivity index (χ0n) is 11.7. The van der Waals surface area contributed by atoms with Crippen molar-refractivity contribution in [2.24, 2.45) is 5.73 Å². The molecule has 2 rings (SSSR count). The van der Waals surface area contributed by atoms with Gasteiger partial charge in [0.1, 0.15) is 0 Å². The summed E-state index contributed by atoms with van der Waals surface area (Å²) in [5.74, 6) is 1.62. The summed E-state index contributed by atoms with van der Waals surface area (Å²) in [5, 5.41) is 0. The normalized spacial score (nSPS) is 17.4. The Morgan fingerprint density at radius 1 is 1.21 bits per heavy atom. The third-order valence-electron chi connectivity index (χ3n) is 3.58. The fourth-order valence-corrected chi connectivity index (χ4v) is 2.38. The van der Waals surface area contributed by atoms with Gasteiger partial charge < -0.3 is 20.1 Å². The van der Waals surface area contributed by atoms with Gasteiger partial charge in [-0.3, -0.25) is 0 Å². The molecule has 4 heteroatoms. The van der Waals surface area contributed by atoms with Crippen LogP contribution in [0.25, 0.3) is 0 Å². The molecule has 1 aromatic carbocycles. The largest absolute Gasteiger partial charge is 0.493 e. The zero-order chi connectivity index (χ0) is 13.5. The maximum atomic E-state index is 5.89. The molecular weight excluding hydrogens is 240 g/mol. The molecule has 1 fully saturated rings. The minimum atomic E-state index is 0.404. The molecule has 1 saturated heterocycles. The van der Waals surface area contributed by atoms with Crippen LogP contribution in [0.2, 0.25) is 0 Å². The molecule has 0 amide bonds. The molecule has 4 nitrogen and oxygen atoms in total. The molecule has 0 aromatic heterocycles. The van der Waals surface area contributed by atoms with Gasteiger partial charge in [-0.25, -0.2) is 0 Å². The number of hydrogen-bond donors (Lipinski definition) is 1. The van der Waals surface area contributed by atoms with Crippen LogP contribution in [0.3, 0.4) is 0 Å². The summed E-state index contributed by atoms with van der Waals surface area (Å²) >= 11 is 0. The summed E-state index contributed by atoms with van der Waals surface area (Å²) in [7, 11) is 1.67. The van der Waals surface area contributed by atoms with Crippen molar-refractivity contribution in [3.63, 3.8) is 0 Å². The summed E-state index contributed by atoms with van der Waals surface area (Å²) in [6, 6.07) is 8.17. The van der Waals surface area contributed by atoms with Crippen LogP contribution in [0.4, 0.5) is 0 Å². The van der Waals surface area contributed by atoms with Gasteiger partial charge in [-0.2, -0.15) is 0 Å². The number of nitrogens with zero attached hydrogens (tertiary/aromatic N) is 1. The van der Waals surface area contributed by atoms with Crippen molar-refractivity contribution in [3.8, 4) is 11.5 Å². The van der Waals surface area contributed by atoms with Crippen LogP contribution >= 0.6 is 0 Å². The van der Waals surface area contributed by atoms with Gasteiger partial charge in [0, 0.05) is 12.6 Å². The molecule has 0 bridgehead atoms. The number of para-hydroxylation sites is 2. The van der Waals surface area contributed by atoms with Crippen LogP contribution in [-0.2, 0) is 0 Å². The molecule has 2 N–H and O–H groups in total. The summed E-state index contributed by atoms with van der Waals surface area (Å²) in [6.45, 7) is 4.05. The van der Waals surface area contributed by atoms with Gasteiger partial charge in [-0.1, -0.05) is 12.1 Å². The van der Waals surface area contributed by atoms with E-state index in [2.05, 4.69) is 4.90 Å². The minimum absolute atomic E-state index is 0.404. The molecule has 0 aliphatic carbocycles. The van der Waals surface area contributed by atoms with Crippen LogP contribution < -0.4 is 15.2 Å². The molecule has 19 heavy (non-hydrogen) atoms. The second kappa shape index (κ2) is 7.36. The molecule has 106 valence electrons. The Bertz CT molecular complexity index is 376. The van der Waals surface area contributed by atoms with Crippen LogP contribution in [0, 0.1) is 0 Å². The van der Waals surface area contributed by atoms with Crippen LogP contribution in [-0.4, -0.2) is 44.3 Å². The van der Waals surface area contributed by atoms with Crippen molar-refractivity contribution in [1.82, 2.24) is 4.90 Å². The van der Waals surface area contributed by atoms with Crippen molar-refractivity contribution in [1.29, 1.82) is 0 Å². The van der Waals surface area contributed by atoms with Crippen LogP contribution in [0.1, 0.15) is 19.3 Å². The molecule has 1 aliphatic heterocycles. The molecule has 0 radical (unpaired) electrons. The van der Waals surface area contributed by atoms with Gasteiger partial charge in [0.25, 0.3) is 0 Å². The average Bonchev–Trinajstić information content (AvgIpc) is 2.46. The highest BCUT2D eigenvalue weighted by atomic mass is 16.5. The topological polar surface area (TPSA) is 47.7 Å². The number of likely N-dealkylation sites (tertiary alicyclic amines) is 1. The molecule has 1 aromatic rings. The van der Waals surface area contributed by atoms with Crippen molar-refractivity contribution in [3.05, 3.63) is 24.3 Å². The lowest BCUT2D eigenvalue weighted by molar-refractivity contribution is 0.192. The molecule has 0 unspecified atom stereocenters. The Morgan fingerprint density at radius 3 is 2.58 bits per heavy atom. The lowest BCUT2D eigenvalue weighted by Crippen LogP contribution is -2.40. The highest BCUT2D eigenvalue weighted by molar-refractivity contribution is 5.39. The number of rotatable bonds is 6. The number of nitrogens with two attached hydrogens (primary N) is 1. The van der Waals surface area contributed by atoms with E-state index in [4.69, 9.17) is 15.2 Å². The molecule has 0 saturated carbocycles. The third-order valence-corrected chi connectivity index (χ3v) is 3.58. The highest BCUT2D eigenvalue weighted by Crippen LogP contribution is 2.25. The SMILES string of the molecule is COc1ccccc1OCCCN1CCC(N)CC1. The zero-order valence-corrected chi connectivity index (χ0v) is 11.7. The van der Waals surface area contributed by atoms with Crippen molar-refractivity contribution in [2.75, 3.05) is 33.4 Å². The Labute approximate surface area is 115 Å². The first kappa shape index (κ1) is 14.2. The smallest absolute Gasteiger partial charge is 0.161 e. The van der Waals surface area contributed by atoms with Crippen molar-refractivity contribution >= 4 is 0 Å². The third kappa shape index (κ3) is 4.40. The average molecular weight is 264 g/mol. The Morgan fingerprint density at radius 2 is 1.89 bits per heavy atom. The van der Waals surface area contributed by atoms with E-state index in [-0.39, 0.29) is 0 Å². The van der Waals surface area contributed by atoms with Crippen LogP contribution in [0.15, 0.2) is 24.3 Å². The van der Waals surface area contributed by atoms with Gasteiger partial charge in [0.15, 0.2) is 11.5 Å². The van der Waals surface area contributed by atoms with Gasteiger partial charge in [0.2, 0.25) is 0 Å². The maximum absolute atomic E-state index is 5.89. The quantitative estimate of drug-likeness (QED) is 0.797. The second-order valence-corrected chi connectivity index (χ2v) is 5.03. The molecule has 0 atom stereocenters. The van der Waals surface area contributed by atoms with E-state index >= 15 is 0 Å². The van der Waals surface area contributed by atoms with Gasteiger partial charge in [-0.15, -0.1) is 0 Å². The molecular formula is C15H24N2O2. The number of methoxy groups -OCH3 is 1. The Kier molecular flexibility index (Phi) is 5.48. The van der Waals surface area contributed by atoms with E-state index in [1.807, 2.05) is 24.3 Å². The lowest BCUT2D eigenvalue weighted by Gasteiger charge is -2.29. The number of ether oxygens (including phenoxy) is 2. The van der Waals surface area contributed by atoms with E-state index < -0.39 is 0 Å². The van der Waals surface area contributed by atoms with Crippen LogP contribution in [0.5, 0.6) is 11.5 Å². The number of hydrogen-bond acceptors (Lipinski definition) is 4. The second-order valence-electron chi connectivity index (χ2n) is 5.03. The summed E-state index contributed by atoms with van der Waals surface area (Å²) in [4.78, 5) is 2.47. The summed E-state index contributed by atoms with van der Waals surface area (Å²) < 4.78 is 11.0. The van der Waals surface area contributed by atoms with E-state index in [0.717, 1.165) is 57.0 Å². The summed E-state index contributed by atoms with van der Waals surface area (Å²) in [6.07, 6.45) is 3.27. The van der Waals surface area contributed by atoms with E-state index in [0.29, 0.717) is 6.04 Å². The first-order chi connectivity index (χ1) is 9.29. The van der Waals surface area contributed by atoms with Gasteiger partial charge in [-0.05, 0) is 44.5 Å². The van der Waals surface area contributed by atoms with Gasteiger partial charge >= 0.3 is 0 Å². The van der Waals surface area contributed by atoms with E-state index in [1.54, 1.807) is 7.11 Å². The molecule has 1 aliphatic rings. The van der Waals surface area contributed by atoms with E-state index in [1.165, 1.54) is 0 Å².